The minimum absolute atomic E-state index is 0.0562. The van der Waals surface area contributed by atoms with E-state index >= 15 is 0 Å². The molecular formula is C16H20BrN3O2. The van der Waals surface area contributed by atoms with E-state index in [1.807, 2.05) is 44.2 Å². The lowest BCUT2D eigenvalue weighted by Crippen LogP contribution is -2.48. The maximum atomic E-state index is 12.2. The highest BCUT2D eigenvalue weighted by Crippen LogP contribution is 2.28. The fraction of sp³-hybridized carbons (Fsp3) is 0.375. The van der Waals surface area contributed by atoms with Crippen molar-refractivity contribution in [3.8, 4) is 11.6 Å². The SMILES string of the molecule is CC(C)NC(=O)C(C)(C)Oc1nn(-c2ccccc2)cc1Br. The molecule has 0 saturated carbocycles. The van der Waals surface area contributed by atoms with Crippen LogP contribution in [0.5, 0.6) is 5.88 Å². The summed E-state index contributed by atoms with van der Waals surface area (Å²) in [6.45, 7) is 7.26. The van der Waals surface area contributed by atoms with Crippen LogP contribution >= 0.6 is 15.9 Å². The first-order valence-electron chi connectivity index (χ1n) is 7.10. The number of aromatic nitrogens is 2. The molecule has 5 nitrogen and oxygen atoms in total. The van der Waals surface area contributed by atoms with Gasteiger partial charge in [-0.3, -0.25) is 4.79 Å². The van der Waals surface area contributed by atoms with Crippen molar-refractivity contribution in [1.29, 1.82) is 0 Å². The van der Waals surface area contributed by atoms with E-state index in [-0.39, 0.29) is 11.9 Å². The first-order valence-corrected chi connectivity index (χ1v) is 7.89. The Morgan fingerprint density at radius 2 is 1.95 bits per heavy atom. The van der Waals surface area contributed by atoms with E-state index in [0.29, 0.717) is 10.4 Å². The summed E-state index contributed by atoms with van der Waals surface area (Å²) in [7, 11) is 0. The Balaban J connectivity index is 2.20. The number of carbonyl (C=O) groups is 1. The van der Waals surface area contributed by atoms with Crippen molar-refractivity contribution in [1.82, 2.24) is 15.1 Å². The number of halogens is 1. The first-order chi connectivity index (χ1) is 10.3. The third-order valence-corrected chi connectivity index (χ3v) is 3.52. The van der Waals surface area contributed by atoms with E-state index in [4.69, 9.17) is 4.74 Å². The van der Waals surface area contributed by atoms with E-state index in [1.54, 1.807) is 24.7 Å². The Bertz CT molecular complexity index is 651. The molecule has 2 aromatic rings. The lowest BCUT2D eigenvalue weighted by Gasteiger charge is -2.25. The predicted molar refractivity (Wildman–Crippen MR) is 89.2 cm³/mol. The third kappa shape index (κ3) is 3.88. The molecule has 0 spiro atoms. The summed E-state index contributed by atoms with van der Waals surface area (Å²) in [6.07, 6.45) is 1.81. The zero-order valence-electron chi connectivity index (χ0n) is 13.1. The molecule has 0 bridgehead atoms. The molecule has 1 aromatic carbocycles. The van der Waals surface area contributed by atoms with Gasteiger partial charge in [0, 0.05) is 12.2 Å². The lowest BCUT2D eigenvalue weighted by atomic mass is 10.1. The molecule has 0 aliphatic rings. The number of carbonyl (C=O) groups excluding carboxylic acids is 1. The summed E-state index contributed by atoms with van der Waals surface area (Å²) in [5.74, 6) is 0.205. The van der Waals surface area contributed by atoms with Crippen LogP contribution in [0.1, 0.15) is 27.7 Å². The lowest BCUT2D eigenvalue weighted by molar-refractivity contribution is -0.135. The van der Waals surface area contributed by atoms with Gasteiger partial charge in [0.15, 0.2) is 5.60 Å². The van der Waals surface area contributed by atoms with Gasteiger partial charge >= 0.3 is 0 Å². The fourth-order valence-electron chi connectivity index (χ4n) is 1.84. The summed E-state index contributed by atoms with van der Waals surface area (Å²) in [5.41, 5.74) is -0.0923. The first kappa shape index (κ1) is 16.5. The van der Waals surface area contributed by atoms with Crippen LogP contribution in [0.15, 0.2) is 41.0 Å². The maximum Gasteiger partial charge on any atom is 0.263 e. The van der Waals surface area contributed by atoms with Crippen LogP contribution in [-0.4, -0.2) is 27.3 Å². The average Bonchev–Trinajstić information content (AvgIpc) is 2.80. The molecule has 0 unspecified atom stereocenters. The largest absolute Gasteiger partial charge is 0.460 e. The molecule has 6 heteroatoms. The van der Waals surface area contributed by atoms with Gasteiger partial charge in [0.05, 0.1) is 10.2 Å². The molecule has 1 N–H and O–H groups in total. The number of nitrogens with zero attached hydrogens (tertiary/aromatic N) is 2. The highest BCUT2D eigenvalue weighted by molar-refractivity contribution is 9.10. The Morgan fingerprint density at radius 1 is 1.32 bits per heavy atom. The number of benzene rings is 1. The summed E-state index contributed by atoms with van der Waals surface area (Å²) in [5, 5.41) is 7.24. The van der Waals surface area contributed by atoms with Gasteiger partial charge in [0.2, 0.25) is 5.88 Å². The van der Waals surface area contributed by atoms with Crippen LogP contribution < -0.4 is 10.1 Å². The molecular weight excluding hydrogens is 346 g/mol. The molecule has 0 aliphatic heterocycles. The van der Waals surface area contributed by atoms with E-state index in [9.17, 15) is 4.79 Å². The Kier molecular flexibility index (Phi) is 4.90. The molecule has 22 heavy (non-hydrogen) atoms. The van der Waals surface area contributed by atoms with Gasteiger partial charge in [-0.05, 0) is 55.8 Å². The van der Waals surface area contributed by atoms with E-state index in [0.717, 1.165) is 5.69 Å². The number of rotatable bonds is 5. The number of nitrogens with one attached hydrogen (secondary N) is 1. The summed E-state index contributed by atoms with van der Waals surface area (Å²) in [4.78, 5) is 12.2. The van der Waals surface area contributed by atoms with Crippen LogP contribution in [0.3, 0.4) is 0 Å². The van der Waals surface area contributed by atoms with Gasteiger partial charge in [-0.15, -0.1) is 5.10 Å². The minimum atomic E-state index is -1.01. The summed E-state index contributed by atoms with van der Waals surface area (Å²) >= 11 is 3.43. The van der Waals surface area contributed by atoms with Gasteiger partial charge in [-0.1, -0.05) is 18.2 Å². The fourth-order valence-corrected chi connectivity index (χ4v) is 2.20. The second-order valence-corrected chi connectivity index (χ2v) is 6.66. The Morgan fingerprint density at radius 3 is 2.55 bits per heavy atom. The summed E-state index contributed by atoms with van der Waals surface area (Å²) in [6, 6.07) is 9.76. The number of para-hydroxylation sites is 1. The topological polar surface area (TPSA) is 56.1 Å². The molecule has 0 atom stereocenters. The third-order valence-electron chi connectivity index (χ3n) is 2.98. The van der Waals surface area contributed by atoms with Crippen LogP contribution in [0.25, 0.3) is 5.69 Å². The van der Waals surface area contributed by atoms with Crippen molar-refractivity contribution in [2.75, 3.05) is 0 Å². The Labute approximate surface area is 138 Å². The van der Waals surface area contributed by atoms with Crippen LogP contribution in [0.2, 0.25) is 0 Å². The van der Waals surface area contributed by atoms with Crippen molar-refractivity contribution >= 4 is 21.8 Å². The van der Waals surface area contributed by atoms with Crippen LogP contribution in [0.4, 0.5) is 0 Å². The van der Waals surface area contributed by atoms with Gasteiger partial charge in [-0.2, -0.15) is 0 Å². The van der Waals surface area contributed by atoms with Crippen LogP contribution in [-0.2, 0) is 4.79 Å². The predicted octanol–water partition coefficient (Wildman–Crippen LogP) is 3.32. The normalized spacial score (nSPS) is 11.5. The van der Waals surface area contributed by atoms with Crippen molar-refractivity contribution in [2.24, 2.45) is 0 Å². The van der Waals surface area contributed by atoms with Gasteiger partial charge < -0.3 is 10.1 Å². The molecule has 0 aliphatic carbocycles. The highest BCUT2D eigenvalue weighted by Gasteiger charge is 2.32. The molecule has 2 rings (SSSR count). The molecule has 1 aromatic heterocycles. The molecule has 1 amide bonds. The number of hydrogen-bond acceptors (Lipinski definition) is 3. The van der Waals surface area contributed by atoms with Crippen molar-refractivity contribution in [2.45, 2.75) is 39.3 Å². The van der Waals surface area contributed by atoms with E-state index in [2.05, 4.69) is 26.3 Å². The van der Waals surface area contributed by atoms with E-state index < -0.39 is 5.60 Å². The highest BCUT2D eigenvalue weighted by atomic mass is 79.9. The second kappa shape index (κ2) is 6.52. The molecule has 0 radical (unpaired) electrons. The zero-order valence-corrected chi connectivity index (χ0v) is 14.7. The van der Waals surface area contributed by atoms with Crippen LogP contribution in [0, 0.1) is 0 Å². The molecule has 0 fully saturated rings. The smallest absolute Gasteiger partial charge is 0.263 e. The quantitative estimate of drug-likeness (QED) is 0.883. The molecule has 118 valence electrons. The summed E-state index contributed by atoms with van der Waals surface area (Å²) < 4.78 is 8.21. The monoisotopic (exact) mass is 365 g/mol. The number of amides is 1. The van der Waals surface area contributed by atoms with Gasteiger partial charge in [0.25, 0.3) is 5.91 Å². The maximum absolute atomic E-state index is 12.2. The van der Waals surface area contributed by atoms with Crippen molar-refractivity contribution < 1.29 is 9.53 Å². The van der Waals surface area contributed by atoms with E-state index in [1.165, 1.54) is 0 Å². The number of hydrogen-bond donors (Lipinski definition) is 1. The Hall–Kier alpha value is -1.82. The van der Waals surface area contributed by atoms with Gasteiger partial charge in [-0.25, -0.2) is 4.68 Å². The molecule has 0 saturated heterocycles. The molecule has 1 heterocycles. The minimum Gasteiger partial charge on any atom is -0.460 e. The number of ether oxygens (including phenoxy) is 1. The van der Waals surface area contributed by atoms with Crippen molar-refractivity contribution in [3.05, 3.63) is 41.0 Å². The standard InChI is InChI=1S/C16H20BrN3O2/c1-11(2)18-15(21)16(3,4)22-14-13(17)10-20(19-14)12-8-6-5-7-9-12/h5-11H,1-4H3,(H,18,21). The van der Waals surface area contributed by atoms with Crippen molar-refractivity contribution in [3.63, 3.8) is 0 Å². The average molecular weight is 366 g/mol. The second-order valence-electron chi connectivity index (χ2n) is 5.80. The zero-order chi connectivity index (χ0) is 16.3. The van der Waals surface area contributed by atoms with Gasteiger partial charge in [0.1, 0.15) is 0 Å².